The SMILES string of the molecule is CC1(C(=O)Cc2cccc(F)c2Cl)CCCC1N. The molecule has 0 heterocycles. The van der Waals surface area contributed by atoms with Gasteiger partial charge in [0.05, 0.1) is 5.02 Å². The van der Waals surface area contributed by atoms with Gasteiger partial charge in [0.2, 0.25) is 0 Å². The van der Waals surface area contributed by atoms with Crippen molar-refractivity contribution in [2.45, 2.75) is 38.6 Å². The van der Waals surface area contributed by atoms with Gasteiger partial charge in [0, 0.05) is 17.9 Å². The lowest BCUT2D eigenvalue weighted by atomic mass is 9.78. The fourth-order valence-corrected chi connectivity index (χ4v) is 2.79. The number of carbonyl (C=O) groups excluding carboxylic acids is 1. The summed E-state index contributed by atoms with van der Waals surface area (Å²) in [7, 11) is 0. The summed E-state index contributed by atoms with van der Waals surface area (Å²) in [5.74, 6) is -0.428. The quantitative estimate of drug-likeness (QED) is 0.916. The maximum atomic E-state index is 13.3. The van der Waals surface area contributed by atoms with Crippen molar-refractivity contribution < 1.29 is 9.18 Å². The van der Waals surface area contributed by atoms with Crippen molar-refractivity contribution in [1.82, 2.24) is 0 Å². The van der Waals surface area contributed by atoms with E-state index in [1.165, 1.54) is 6.07 Å². The third kappa shape index (κ3) is 2.29. The molecule has 2 unspecified atom stereocenters. The Hall–Kier alpha value is -0.930. The van der Waals surface area contributed by atoms with E-state index < -0.39 is 11.2 Å². The number of ketones is 1. The fourth-order valence-electron chi connectivity index (χ4n) is 2.60. The third-order valence-corrected chi connectivity index (χ3v) is 4.47. The maximum Gasteiger partial charge on any atom is 0.144 e. The first-order chi connectivity index (χ1) is 8.45. The van der Waals surface area contributed by atoms with E-state index in [-0.39, 0.29) is 23.3 Å². The molecule has 0 aromatic heterocycles. The van der Waals surface area contributed by atoms with Gasteiger partial charge in [0.25, 0.3) is 0 Å². The van der Waals surface area contributed by atoms with Crippen LogP contribution >= 0.6 is 11.6 Å². The van der Waals surface area contributed by atoms with Crippen LogP contribution in [0.4, 0.5) is 4.39 Å². The molecule has 18 heavy (non-hydrogen) atoms. The number of halogens is 2. The maximum absolute atomic E-state index is 13.3. The molecule has 2 N–H and O–H groups in total. The van der Waals surface area contributed by atoms with Crippen molar-refractivity contribution in [1.29, 1.82) is 0 Å². The molecule has 0 aliphatic heterocycles. The van der Waals surface area contributed by atoms with Gasteiger partial charge in [-0.15, -0.1) is 0 Å². The highest BCUT2D eigenvalue weighted by Gasteiger charge is 2.42. The zero-order chi connectivity index (χ0) is 13.3. The summed E-state index contributed by atoms with van der Waals surface area (Å²) < 4.78 is 13.3. The minimum absolute atomic E-state index is 0.0426. The minimum atomic E-state index is -0.490. The third-order valence-electron chi connectivity index (χ3n) is 4.05. The van der Waals surface area contributed by atoms with Gasteiger partial charge < -0.3 is 5.73 Å². The monoisotopic (exact) mass is 269 g/mol. The molecule has 2 nitrogen and oxygen atoms in total. The number of hydrogen-bond acceptors (Lipinski definition) is 2. The molecule has 0 saturated heterocycles. The van der Waals surface area contributed by atoms with Crippen LogP contribution < -0.4 is 5.73 Å². The van der Waals surface area contributed by atoms with Crippen LogP contribution in [0.25, 0.3) is 0 Å². The number of Topliss-reactive ketones (excluding diaryl/α,β-unsaturated/α-hetero) is 1. The Morgan fingerprint density at radius 1 is 1.61 bits per heavy atom. The zero-order valence-corrected chi connectivity index (χ0v) is 11.1. The summed E-state index contributed by atoms with van der Waals surface area (Å²) in [6, 6.07) is 4.45. The first kappa shape index (κ1) is 13.5. The second kappa shape index (κ2) is 4.98. The molecule has 1 saturated carbocycles. The van der Waals surface area contributed by atoms with E-state index in [0.717, 1.165) is 19.3 Å². The Bertz CT molecular complexity index is 477. The molecule has 0 radical (unpaired) electrons. The second-order valence-corrected chi connectivity index (χ2v) is 5.61. The van der Waals surface area contributed by atoms with E-state index in [4.69, 9.17) is 17.3 Å². The van der Waals surface area contributed by atoms with Crippen LogP contribution in [0.2, 0.25) is 5.02 Å². The fraction of sp³-hybridized carbons (Fsp3) is 0.500. The molecule has 1 aliphatic carbocycles. The van der Waals surface area contributed by atoms with Gasteiger partial charge >= 0.3 is 0 Å². The Morgan fingerprint density at radius 2 is 2.33 bits per heavy atom. The normalized spacial score (nSPS) is 27.4. The van der Waals surface area contributed by atoms with E-state index in [1.54, 1.807) is 12.1 Å². The van der Waals surface area contributed by atoms with Gasteiger partial charge in [-0.1, -0.05) is 37.1 Å². The Labute approximate surface area is 111 Å². The lowest BCUT2D eigenvalue weighted by Gasteiger charge is -2.27. The van der Waals surface area contributed by atoms with Crippen LogP contribution in [-0.2, 0) is 11.2 Å². The summed E-state index contributed by atoms with van der Waals surface area (Å²) in [4.78, 5) is 12.3. The summed E-state index contributed by atoms with van der Waals surface area (Å²) in [5.41, 5.74) is 6.06. The molecule has 0 spiro atoms. The van der Waals surface area contributed by atoms with Crippen LogP contribution in [-0.4, -0.2) is 11.8 Å². The summed E-state index contributed by atoms with van der Waals surface area (Å²) >= 11 is 5.87. The molecule has 1 aromatic rings. The number of rotatable bonds is 3. The smallest absolute Gasteiger partial charge is 0.144 e. The molecule has 0 amide bonds. The van der Waals surface area contributed by atoms with Gasteiger partial charge in [-0.2, -0.15) is 0 Å². The predicted octanol–water partition coefficient (Wildman–Crippen LogP) is 3.11. The zero-order valence-electron chi connectivity index (χ0n) is 10.4. The van der Waals surface area contributed by atoms with E-state index in [2.05, 4.69) is 0 Å². The van der Waals surface area contributed by atoms with Gasteiger partial charge in [0.15, 0.2) is 0 Å². The first-order valence-electron chi connectivity index (χ1n) is 6.17. The summed E-state index contributed by atoms with van der Waals surface area (Å²) in [6.07, 6.45) is 2.81. The van der Waals surface area contributed by atoms with Crippen molar-refractivity contribution in [2.75, 3.05) is 0 Å². The lowest BCUT2D eigenvalue weighted by molar-refractivity contribution is -0.127. The summed E-state index contributed by atoms with van der Waals surface area (Å²) in [6.45, 7) is 1.90. The van der Waals surface area contributed by atoms with Crippen molar-refractivity contribution in [3.05, 3.63) is 34.6 Å². The van der Waals surface area contributed by atoms with Gasteiger partial charge in [0.1, 0.15) is 11.6 Å². The molecular weight excluding hydrogens is 253 g/mol. The molecule has 1 fully saturated rings. The van der Waals surface area contributed by atoms with Gasteiger partial charge in [-0.3, -0.25) is 4.79 Å². The van der Waals surface area contributed by atoms with Crippen molar-refractivity contribution >= 4 is 17.4 Å². The Kier molecular flexibility index (Phi) is 3.74. The number of nitrogens with two attached hydrogens (primary N) is 1. The van der Waals surface area contributed by atoms with E-state index in [9.17, 15) is 9.18 Å². The van der Waals surface area contributed by atoms with Gasteiger partial charge in [-0.25, -0.2) is 4.39 Å². The Balaban J connectivity index is 2.19. The highest BCUT2D eigenvalue weighted by Crippen LogP contribution is 2.38. The highest BCUT2D eigenvalue weighted by atomic mass is 35.5. The standard InChI is InChI=1S/C14H17ClFNO/c1-14(7-3-6-11(14)17)12(18)8-9-4-2-5-10(16)13(9)15/h2,4-5,11H,3,6-8,17H2,1H3. The largest absolute Gasteiger partial charge is 0.327 e. The molecular formula is C14H17ClFNO. The average Bonchev–Trinajstić information content (AvgIpc) is 2.67. The molecule has 4 heteroatoms. The molecule has 2 atom stereocenters. The average molecular weight is 270 g/mol. The first-order valence-corrected chi connectivity index (χ1v) is 6.54. The van der Waals surface area contributed by atoms with E-state index in [0.29, 0.717) is 5.56 Å². The second-order valence-electron chi connectivity index (χ2n) is 5.23. The molecule has 1 aromatic carbocycles. The predicted molar refractivity (Wildman–Crippen MR) is 70.1 cm³/mol. The number of benzene rings is 1. The topological polar surface area (TPSA) is 43.1 Å². The minimum Gasteiger partial charge on any atom is -0.327 e. The lowest BCUT2D eigenvalue weighted by Crippen LogP contribution is -2.41. The van der Waals surface area contributed by atoms with Crippen LogP contribution in [0.3, 0.4) is 0 Å². The van der Waals surface area contributed by atoms with Crippen molar-refractivity contribution in [3.8, 4) is 0 Å². The van der Waals surface area contributed by atoms with Gasteiger partial charge in [-0.05, 0) is 24.5 Å². The van der Waals surface area contributed by atoms with E-state index in [1.807, 2.05) is 6.92 Å². The van der Waals surface area contributed by atoms with Crippen LogP contribution in [0.1, 0.15) is 31.7 Å². The van der Waals surface area contributed by atoms with Crippen molar-refractivity contribution in [2.24, 2.45) is 11.1 Å². The molecule has 98 valence electrons. The Morgan fingerprint density at radius 3 is 2.94 bits per heavy atom. The van der Waals surface area contributed by atoms with E-state index >= 15 is 0 Å². The summed E-state index contributed by atoms with van der Waals surface area (Å²) in [5, 5.41) is 0.0426. The van der Waals surface area contributed by atoms with Crippen LogP contribution in [0.15, 0.2) is 18.2 Å². The number of carbonyl (C=O) groups is 1. The van der Waals surface area contributed by atoms with Crippen LogP contribution in [0.5, 0.6) is 0 Å². The van der Waals surface area contributed by atoms with Crippen LogP contribution in [0, 0.1) is 11.2 Å². The highest BCUT2D eigenvalue weighted by molar-refractivity contribution is 6.31. The molecule has 2 rings (SSSR count). The number of hydrogen-bond donors (Lipinski definition) is 1. The molecule has 0 bridgehead atoms. The van der Waals surface area contributed by atoms with Crippen molar-refractivity contribution in [3.63, 3.8) is 0 Å². The molecule has 1 aliphatic rings.